The highest BCUT2D eigenvalue weighted by Crippen LogP contribution is 2.53. The Morgan fingerprint density at radius 1 is 0.137 bits per heavy atom. The highest BCUT2D eigenvalue weighted by Gasteiger charge is 2.39. The molecule has 2 aliphatic rings. The molecule has 14 heteroatoms. The second-order valence-corrected chi connectivity index (χ2v) is 38.3. The molecule has 0 radical (unpaired) electrons. The highest BCUT2D eigenvalue weighted by atomic mass is 15.1. The van der Waals surface area contributed by atoms with E-state index < -0.39 is 5.41 Å². The van der Waals surface area contributed by atoms with Gasteiger partial charge in [0.1, 0.15) is 0 Å². The lowest BCUT2D eigenvalue weighted by molar-refractivity contribution is 0.630. The van der Waals surface area contributed by atoms with Crippen molar-refractivity contribution in [2.24, 2.45) is 0 Å². The maximum Gasteiger partial charge on any atom is 0.164 e. The van der Waals surface area contributed by atoms with E-state index in [4.69, 9.17) is 59.8 Å². The first-order chi connectivity index (χ1) is 71.8. The summed E-state index contributed by atoms with van der Waals surface area (Å²) in [5, 5.41) is 4.85. The second-order valence-electron chi connectivity index (χ2n) is 38.3. The Balaban J connectivity index is 0.000000149. The third kappa shape index (κ3) is 15.9. The molecule has 0 N–H and O–H groups in total. The number of rotatable bonds is 17. The lowest BCUT2D eigenvalue weighted by atomic mass is 9.73. The van der Waals surface area contributed by atoms with E-state index in [1.165, 1.54) is 66.0 Å². The predicted octanol–water partition coefficient (Wildman–Crippen LogP) is 31.9. The van der Waals surface area contributed by atoms with E-state index in [1.807, 2.05) is 182 Å². The third-order valence-corrected chi connectivity index (χ3v) is 28.6. The molecule has 0 aliphatic carbocycles. The fourth-order valence-corrected chi connectivity index (χ4v) is 21.0. The van der Waals surface area contributed by atoms with Crippen LogP contribution in [0.1, 0.15) is 49.9 Å². The van der Waals surface area contributed by atoms with Gasteiger partial charge in [0.05, 0.1) is 33.4 Å². The number of aromatic nitrogens is 14. The van der Waals surface area contributed by atoms with Crippen molar-refractivity contribution in [3.8, 4) is 204 Å². The van der Waals surface area contributed by atoms with Crippen LogP contribution in [0, 0.1) is 0 Å². The van der Waals surface area contributed by atoms with E-state index in [9.17, 15) is 0 Å². The van der Waals surface area contributed by atoms with Crippen molar-refractivity contribution in [3.63, 3.8) is 0 Å². The van der Waals surface area contributed by atoms with Crippen molar-refractivity contribution >= 4 is 43.6 Å². The number of fused-ring (bicyclic) bond motifs is 10. The Morgan fingerprint density at radius 2 is 0.322 bits per heavy atom. The first kappa shape index (κ1) is 87.1. The SMILES string of the molecule is CC1(C)c2cc(-c3cccc(-c4nc(-c5ccccc5)nc(-c5ccccc5)n4)c3)ccc2-n2c3ccccc3c3cc(-c4cccc(-c5nc(-c6ccccc6)nc(-c6ccc(-c7ccccc7)cc6)n5)c4)cc1c32.CC1(C)c2cc(-c3nc(-c4ccccc4)nc(-c4ccccc4)n3)ccc2-n2c3ccccc3c3cc(-c4cccc(-c5nc(-c6ccccc6)nc(-c6ccc(-c7ccccc7)cc6)n5)c4)cc1c32. The van der Waals surface area contributed by atoms with Gasteiger partial charge in [-0.1, -0.05) is 416 Å². The molecule has 146 heavy (non-hydrogen) atoms. The molecule has 2 aliphatic heterocycles. The van der Waals surface area contributed by atoms with E-state index in [2.05, 4.69) is 328 Å². The third-order valence-electron chi connectivity index (χ3n) is 28.6. The van der Waals surface area contributed by atoms with Crippen molar-refractivity contribution in [2.45, 2.75) is 38.5 Å². The molecule has 0 spiro atoms. The summed E-state index contributed by atoms with van der Waals surface area (Å²) in [5.41, 5.74) is 33.6. The molecule has 19 aromatic carbocycles. The zero-order valence-electron chi connectivity index (χ0n) is 80.3. The van der Waals surface area contributed by atoms with Gasteiger partial charge in [0.25, 0.3) is 0 Å². The van der Waals surface area contributed by atoms with Crippen LogP contribution in [0.2, 0.25) is 0 Å². The molecule has 0 fully saturated rings. The summed E-state index contributed by atoms with van der Waals surface area (Å²) in [4.78, 5) is 61.0. The molecule has 688 valence electrons. The molecule has 6 aromatic heterocycles. The van der Waals surface area contributed by atoms with Gasteiger partial charge in [-0.3, -0.25) is 0 Å². The minimum absolute atomic E-state index is 0.383. The maximum atomic E-state index is 5.17. The Morgan fingerprint density at radius 3 is 0.616 bits per heavy atom. The Labute approximate surface area is 844 Å². The average molecular weight is 1870 g/mol. The van der Waals surface area contributed by atoms with Crippen molar-refractivity contribution in [2.75, 3.05) is 0 Å². The minimum atomic E-state index is -0.414. The van der Waals surface area contributed by atoms with E-state index in [1.54, 1.807) is 0 Å². The van der Waals surface area contributed by atoms with Crippen LogP contribution in [0.3, 0.4) is 0 Å². The quantitative estimate of drug-likeness (QED) is 0.0848. The normalized spacial score (nSPS) is 12.5. The summed E-state index contributed by atoms with van der Waals surface area (Å²) in [6, 6.07) is 165. The molecule has 0 unspecified atom stereocenters. The molecule has 0 saturated heterocycles. The molecular formula is C132H90N14. The number of nitrogens with zero attached hydrogens (tertiary/aromatic N) is 14. The van der Waals surface area contributed by atoms with Gasteiger partial charge in [-0.2, -0.15) is 0 Å². The Bertz CT molecular complexity index is 9250. The maximum absolute atomic E-state index is 5.17. The number of para-hydroxylation sites is 2. The average Bonchev–Trinajstić information content (AvgIpc) is 1.52. The van der Waals surface area contributed by atoms with Crippen LogP contribution in [-0.4, -0.2) is 68.9 Å². The van der Waals surface area contributed by atoms with Gasteiger partial charge in [-0.05, 0) is 163 Å². The fraction of sp³-hybridized carbons (Fsp3) is 0.0455. The molecule has 8 heterocycles. The Kier molecular flexibility index (Phi) is 21.6. The van der Waals surface area contributed by atoms with Gasteiger partial charge in [-0.15, -0.1) is 0 Å². The lowest BCUT2D eigenvalue weighted by Gasteiger charge is -2.35. The van der Waals surface area contributed by atoms with Crippen molar-refractivity contribution in [3.05, 3.63) is 495 Å². The van der Waals surface area contributed by atoms with Crippen LogP contribution in [0.15, 0.2) is 473 Å². The molecule has 0 bridgehead atoms. The van der Waals surface area contributed by atoms with Crippen LogP contribution in [0.25, 0.3) is 247 Å². The van der Waals surface area contributed by atoms with Gasteiger partial charge in [0.2, 0.25) is 0 Å². The van der Waals surface area contributed by atoms with Gasteiger partial charge >= 0.3 is 0 Å². The van der Waals surface area contributed by atoms with E-state index >= 15 is 0 Å². The monoisotopic (exact) mass is 1870 g/mol. The summed E-state index contributed by atoms with van der Waals surface area (Å²) in [6.45, 7) is 9.42. The fourth-order valence-electron chi connectivity index (χ4n) is 21.0. The van der Waals surface area contributed by atoms with Crippen molar-refractivity contribution in [1.29, 1.82) is 0 Å². The zero-order chi connectivity index (χ0) is 97.5. The molecular weight excluding hydrogens is 1780 g/mol. The van der Waals surface area contributed by atoms with Gasteiger partial charge in [0.15, 0.2) is 69.9 Å². The van der Waals surface area contributed by atoms with Gasteiger partial charge in [0, 0.05) is 99.1 Å². The lowest BCUT2D eigenvalue weighted by Crippen LogP contribution is -2.26. The summed E-state index contributed by atoms with van der Waals surface area (Å²) in [7, 11) is 0. The van der Waals surface area contributed by atoms with Gasteiger partial charge < -0.3 is 9.13 Å². The van der Waals surface area contributed by atoms with E-state index in [-0.39, 0.29) is 5.41 Å². The van der Waals surface area contributed by atoms with E-state index in [0.29, 0.717) is 69.9 Å². The molecule has 0 amide bonds. The molecule has 27 rings (SSSR count). The standard InChI is InChI=1S/C69H47N7.C63H43N7/c1-69(2)58-42-52(50-27-17-29-53(39-50)67-72-63(46-21-9-4-10-22-46)70-64(73-67)47-23-11-5-12-24-47)37-38-61(58)76-60-32-16-15-31-56(60)57-41-55(43-59(69)62(57)76)51-28-18-30-54(40-51)68-74-65(48-25-13-6-14-26-48)71-66(75-68)49-35-33-45(34-36-49)44-19-7-3-8-20-44;1-63(2)52-38-48(62-67-57(42-20-9-4-10-21-42)64-58(68-62)43-22-11-5-12-23-43)34-35-55(52)70-54-29-16-15-28-50(54)51-37-49(39-53(63)56(51)70)46-26-17-27-47(36-46)61-66-59(44-24-13-6-14-25-44)65-60(69-61)45-32-30-41(31-33-45)40-18-7-3-8-19-40/h3-43H,1-2H3;3-39H,1-2H3. The Hall–Kier alpha value is -19.2. The number of hydrogen-bond acceptors (Lipinski definition) is 12. The summed E-state index contributed by atoms with van der Waals surface area (Å²) < 4.78 is 4.93. The predicted molar refractivity (Wildman–Crippen MR) is 592 cm³/mol. The van der Waals surface area contributed by atoms with E-state index in [0.717, 1.165) is 134 Å². The van der Waals surface area contributed by atoms with Crippen LogP contribution in [0.5, 0.6) is 0 Å². The zero-order valence-corrected chi connectivity index (χ0v) is 80.3. The van der Waals surface area contributed by atoms with Crippen LogP contribution in [-0.2, 0) is 10.8 Å². The highest BCUT2D eigenvalue weighted by molar-refractivity contribution is 6.15. The van der Waals surface area contributed by atoms with Crippen LogP contribution < -0.4 is 0 Å². The summed E-state index contributed by atoms with van der Waals surface area (Å²) >= 11 is 0. The molecule has 0 saturated carbocycles. The second kappa shape index (κ2) is 36.2. The molecule has 25 aromatic rings. The smallest absolute Gasteiger partial charge is 0.164 e. The molecule has 0 atom stereocenters. The van der Waals surface area contributed by atoms with Crippen LogP contribution >= 0.6 is 0 Å². The molecule has 14 nitrogen and oxygen atoms in total. The minimum Gasteiger partial charge on any atom is -0.309 e. The van der Waals surface area contributed by atoms with Crippen molar-refractivity contribution < 1.29 is 0 Å². The summed E-state index contributed by atoms with van der Waals surface area (Å²) in [6.07, 6.45) is 0. The first-order valence-corrected chi connectivity index (χ1v) is 49.3. The van der Waals surface area contributed by atoms with Crippen molar-refractivity contribution in [1.82, 2.24) is 68.9 Å². The van der Waals surface area contributed by atoms with Gasteiger partial charge in [-0.25, -0.2) is 59.8 Å². The number of benzene rings is 19. The summed E-state index contributed by atoms with van der Waals surface area (Å²) in [5.74, 6) is 7.54. The van der Waals surface area contributed by atoms with Crippen LogP contribution in [0.4, 0.5) is 0 Å². The first-order valence-electron chi connectivity index (χ1n) is 49.3. The number of hydrogen-bond donors (Lipinski definition) is 0. The topological polar surface area (TPSA) is 165 Å². The largest absolute Gasteiger partial charge is 0.309 e.